The largest absolute Gasteiger partial charge is 0.367 e. The van der Waals surface area contributed by atoms with E-state index in [4.69, 9.17) is 0 Å². The third kappa shape index (κ3) is 2.81. The highest BCUT2D eigenvalue weighted by Crippen LogP contribution is 2.28. The van der Waals surface area contributed by atoms with Crippen molar-refractivity contribution in [2.45, 2.75) is 39.2 Å². The van der Waals surface area contributed by atoms with E-state index >= 15 is 0 Å². The van der Waals surface area contributed by atoms with Crippen molar-refractivity contribution in [3.05, 3.63) is 29.8 Å². The van der Waals surface area contributed by atoms with Crippen LogP contribution in [0.3, 0.4) is 0 Å². The Morgan fingerprint density at radius 3 is 2.88 bits per heavy atom. The van der Waals surface area contributed by atoms with Crippen LogP contribution in [0.1, 0.15) is 32.3 Å². The van der Waals surface area contributed by atoms with E-state index in [1.54, 1.807) is 0 Å². The van der Waals surface area contributed by atoms with Crippen molar-refractivity contribution in [3.63, 3.8) is 0 Å². The maximum absolute atomic E-state index is 3.49. The minimum Gasteiger partial charge on any atom is -0.367 e. The molecule has 0 saturated carbocycles. The molecule has 1 heterocycles. The molecule has 1 aliphatic heterocycles. The second kappa shape index (κ2) is 6.06. The van der Waals surface area contributed by atoms with Gasteiger partial charge in [0.1, 0.15) is 0 Å². The number of rotatable bonds is 5. The molecule has 1 aromatic rings. The molecule has 0 aliphatic carbocycles. The molecular weight excluding hydrogens is 208 g/mol. The van der Waals surface area contributed by atoms with Crippen molar-refractivity contribution in [2.24, 2.45) is 0 Å². The molecule has 0 radical (unpaired) electrons. The van der Waals surface area contributed by atoms with Crippen LogP contribution in [0.2, 0.25) is 0 Å². The van der Waals surface area contributed by atoms with Crippen LogP contribution >= 0.6 is 0 Å². The molecule has 1 unspecified atom stereocenters. The third-order valence-electron chi connectivity index (χ3n) is 3.69. The lowest BCUT2D eigenvalue weighted by Gasteiger charge is -2.37. The Bertz CT molecular complexity index is 349. The molecule has 1 aliphatic rings. The van der Waals surface area contributed by atoms with Gasteiger partial charge in [-0.3, -0.25) is 0 Å². The number of benzene rings is 1. The number of nitrogens with one attached hydrogen (secondary N) is 1. The minimum atomic E-state index is 0.636. The number of hydrogen-bond acceptors (Lipinski definition) is 2. The van der Waals surface area contributed by atoms with Gasteiger partial charge in [0.25, 0.3) is 0 Å². The van der Waals surface area contributed by atoms with Crippen molar-refractivity contribution >= 4 is 5.69 Å². The molecule has 2 rings (SSSR count). The summed E-state index contributed by atoms with van der Waals surface area (Å²) in [5.74, 6) is 0. The highest BCUT2D eigenvalue weighted by atomic mass is 15.2. The zero-order valence-electron chi connectivity index (χ0n) is 11.1. The van der Waals surface area contributed by atoms with Gasteiger partial charge < -0.3 is 10.2 Å². The van der Waals surface area contributed by atoms with E-state index in [0.29, 0.717) is 6.04 Å². The molecule has 1 N–H and O–H groups in total. The summed E-state index contributed by atoms with van der Waals surface area (Å²) in [6, 6.07) is 9.52. The Hall–Kier alpha value is -1.02. The van der Waals surface area contributed by atoms with E-state index in [1.165, 1.54) is 37.1 Å². The predicted octanol–water partition coefficient (Wildman–Crippen LogP) is 2.83. The smallest absolute Gasteiger partial charge is 0.0412 e. The number of nitrogens with zero attached hydrogens (tertiary/aromatic N) is 1. The maximum atomic E-state index is 3.49. The third-order valence-corrected chi connectivity index (χ3v) is 3.69. The number of fused-ring (bicyclic) bond motifs is 1. The molecule has 0 bridgehead atoms. The van der Waals surface area contributed by atoms with Gasteiger partial charge in [-0.15, -0.1) is 0 Å². The first kappa shape index (κ1) is 12.4. The van der Waals surface area contributed by atoms with Crippen LogP contribution in [0.4, 0.5) is 5.69 Å². The normalized spacial score (nSPS) is 16.7. The van der Waals surface area contributed by atoms with Crippen LogP contribution in [0.25, 0.3) is 0 Å². The fraction of sp³-hybridized carbons (Fsp3) is 0.600. The number of hydrogen-bond donors (Lipinski definition) is 1. The highest BCUT2D eigenvalue weighted by Gasteiger charge is 2.22. The second-order valence-corrected chi connectivity index (χ2v) is 4.80. The van der Waals surface area contributed by atoms with Gasteiger partial charge in [0.15, 0.2) is 0 Å². The van der Waals surface area contributed by atoms with Gasteiger partial charge in [-0.25, -0.2) is 0 Å². The van der Waals surface area contributed by atoms with E-state index in [0.717, 1.165) is 13.1 Å². The summed E-state index contributed by atoms with van der Waals surface area (Å²) in [5.41, 5.74) is 2.98. The number of para-hydroxylation sites is 1. The van der Waals surface area contributed by atoms with E-state index in [1.807, 2.05) is 0 Å². The summed E-state index contributed by atoms with van der Waals surface area (Å²) in [6.07, 6.45) is 3.74. The van der Waals surface area contributed by atoms with Crippen LogP contribution < -0.4 is 10.2 Å². The van der Waals surface area contributed by atoms with E-state index in [-0.39, 0.29) is 0 Å². The van der Waals surface area contributed by atoms with Crippen LogP contribution in [-0.4, -0.2) is 25.7 Å². The summed E-state index contributed by atoms with van der Waals surface area (Å²) in [7, 11) is 0. The molecule has 2 heteroatoms. The van der Waals surface area contributed by atoms with E-state index in [2.05, 4.69) is 48.3 Å². The first-order chi connectivity index (χ1) is 8.36. The zero-order chi connectivity index (χ0) is 12.1. The minimum absolute atomic E-state index is 0.636. The fourth-order valence-corrected chi connectivity index (χ4v) is 2.73. The summed E-state index contributed by atoms with van der Waals surface area (Å²) >= 11 is 0. The summed E-state index contributed by atoms with van der Waals surface area (Å²) in [5, 5.41) is 3.49. The van der Waals surface area contributed by atoms with Crippen LogP contribution in [0.5, 0.6) is 0 Å². The number of anilines is 1. The van der Waals surface area contributed by atoms with Crippen molar-refractivity contribution in [2.75, 3.05) is 24.5 Å². The summed E-state index contributed by atoms with van der Waals surface area (Å²) in [6.45, 7) is 7.84. The molecule has 0 fully saturated rings. The van der Waals surface area contributed by atoms with Crippen LogP contribution in [-0.2, 0) is 6.42 Å². The maximum Gasteiger partial charge on any atom is 0.0412 e. The average Bonchev–Trinajstić information content (AvgIpc) is 2.40. The quantitative estimate of drug-likeness (QED) is 0.840. The van der Waals surface area contributed by atoms with Gasteiger partial charge in [0.05, 0.1) is 0 Å². The molecule has 0 amide bonds. The van der Waals surface area contributed by atoms with E-state index < -0.39 is 0 Å². The first-order valence-electron chi connectivity index (χ1n) is 6.92. The Labute approximate surface area is 105 Å². The Morgan fingerprint density at radius 2 is 2.12 bits per heavy atom. The zero-order valence-corrected chi connectivity index (χ0v) is 11.1. The van der Waals surface area contributed by atoms with Gasteiger partial charge in [-0.2, -0.15) is 0 Å². The molecule has 1 atom stereocenters. The monoisotopic (exact) mass is 232 g/mol. The van der Waals surface area contributed by atoms with Gasteiger partial charge in [0, 0.05) is 24.8 Å². The fourth-order valence-electron chi connectivity index (χ4n) is 2.73. The molecule has 0 saturated heterocycles. The lowest BCUT2D eigenvalue weighted by atomic mass is 9.99. The molecule has 1 aromatic carbocycles. The molecule has 0 spiro atoms. The molecule has 2 nitrogen and oxygen atoms in total. The SMILES string of the molecule is CCNCC(CC)N1CCCc2ccccc21. The lowest BCUT2D eigenvalue weighted by Crippen LogP contribution is -2.44. The van der Waals surface area contributed by atoms with Crippen LogP contribution in [0, 0.1) is 0 Å². The molecule has 0 aromatic heterocycles. The van der Waals surface area contributed by atoms with Crippen molar-refractivity contribution in [1.82, 2.24) is 5.32 Å². The van der Waals surface area contributed by atoms with Crippen molar-refractivity contribution in [3.8, 4) is 0 Å². The Balaban J connectivity index is 2.15. The Morgan fingerprint density at radius 1 is 1.29 bits per heavy atom. The van der Waals surface area contributed by atoms with Gasteiger partial charge in [-0.1, -0.05) is 32.0 Å². The van der Waals surface area contributed by atoms with Gasteiger partial charge in [0.2, 0.25) is 0 Å². The first-order valence-corrected chi connectivity index (χ1v) is 6.92. The lowest BCUT2D eigenvalue weighted by molar-refractivity contribution is 0.510. The van der Waals surface area contributed by atoms with Crippen LogP contribution in [0.15, 0.2) is 24.3 Å². The van der Waals surface area contributed by atoms with Crippen molar-refractivity contribution in [1.29, 1.82) is 0 Å². The number of likely N-dealkylation sites (N-methyl/N-ethyl adjacent to an activating group) is 1. The van der Waals surface area contributed by atoms with Gasteiger partial charge >= 0.3 is 0 Å². The van der Waals surface area contributed by atoms with E-state index in [9.17, 15) is 0 Å². The topological polar surface area (TPSA) is 15.3 Å². The summed E-state index contributed by atoms with van der Waals surface area (Å²) in [4.78, 5) is 2.60. The molecule has 17 heavy (non-hydrogen) atoms. The summed E-state index contributed by atoms with van der Waals surface area (Å²) < 4.78 is 0. The Kier molecular flexibility index (Phi) is 4.43. The second-order valence-electron chi connectivity index (χ2n) is 4.80. The highest BCUT2D eigenvalue weighted by molar-refractivity contribution is 5.56. The standard InChI is InChI=1S/C15H24N2/c1-3-14(12-16-4-2)17-11-7-9-13-8-5-6-10-15(13)17/h5-6,8,10,14,16H,3-4,7,9,11-12H2,1-2H3. The average molecular weight is 232 g/mol. The van der Waals surface area contributed by atoms with Gasteiger partial charge in [-0.05, 0) is 37.4 Å². The number of aryl methyl sites for hydroxylation is 1. The molecular formula is C15H24N2. The molecule has 94 valence electrons. The predicted molar refractivity (Wildman–Crippen MR) is 74.7 cm³/mol. The van der Waals surface area contributed by atoms with Crippen molar-refractivity contribution < 1.29 is 0 Å².